The van der Waals surface area contributed by atoms with Crippen molar-refractivity contribution >= 4 is 12.0 Å². The van der Waals surface area contributed by atoms with Crippen LogP contribution in [0.5, 0.6) is 17.4 Å². The minimum absolute atomic E-state index is 0.0917. The molecule has 1 fully saturated rings. The average molecular weight is 367 g/mol. The zero-order valence-electron chi connectivity index (χ0n) is 14.8. The molecule has 0 radical (unpaired) electrons. The lowest BCUT2D eigenvalue weighted by Gasteiger charge is -2.28. The van der Waals surface area contributed by atoms with Crippen LogP contribution in [0.15, 0.2) is 42.9 Å². The van der Waals surface area contributed by atoms with Gasteiger partial charge in [-0.3, -0.25) is 9.78 Å². The van der Waals surface area contributed by atoms with Crippen LogP contribution in [-0.4, -0.2) is 34.8 Å². The van der Waals surface area contributed by atoms with Crippen molar-refractivity contribution in [1.29, 1.82) is 0 Å². The number of aromatic nitrogens is 2. The van der Waals surface area contributed by atoms with Gasteiger partial charge >= 0.3 is 0 Å². The third-order valence-corrected chi connectivity index (χ3v) is 4.67. The van der Waals surface area contributed by atoms with Crippen molar-refractivity contribution in [3.05, 3.63) is 48.4 Å². The van der Waals surface area contributed by atoms with Crippen LogP contribution < -0.4 is 19.5 Å². The highest BCUT2D eigenvalue weighted by Gasteiger charge is 2.23. The smallest absolute Gasteiger partial charge is 0.244 e. The number of nitrogens with one attached hydrogen (secondary N) is 1. The maximum absolute atomic E-state index is 12.2. The third kappa shape index (κ3) is 4.55. The molecule has 140 valence electrons. The summed E-state index contributed by atoms with van der Waals surface area (Å²) < 4.78 is 16.5. The van der Waals surface area contributed by atoms with Crippen molar-refractivity contribution in [3.8, 4) is 17.4 Å². The molecule has 0 bridgehead atoms. The fourth-order valence-corrected chi connectivity index (χ4v) is 3.28. The van der Waals surface area contributed by atoms with Crippen LogP contribution in [-0.2, 0) is 4.79 Å². The molecule has 0 atom stereocenters. The molecule has 4 rings (SSSR count). The minimum atomic E-state index is -0.0917. The van der Waals surface area contributed by atoms with E-state index in [9.17, 15) is 4.79 Å². The highest BCUT2D eigenvalue weighted by Crippen LogP contribution is 2.32. The predicted molar refractivity (Wildman–Crippen MR) is 98.4 cm³/mol. The summed E-state index contributed by atoms with van der Waals surface area (Å²) in [5, 5.41) is 3.06. The van der Waals surface area contributed by atoms with Crippen molar-refractivity contribution in [1.82, 2.24) is 15.3 Å². The van der Waals surface area contributed by atoms with E-state index in [1.807, 2.05) is 18.2 Å². The number of hydrogen-bond acceptors (Lipinski definition) is 6. The maximum atomic E-state index is 12.2. The summed E-state index contributed by atoms with van der Waals surface area (Å²) in [6, 6.07) is 5.77. The first kappa shape index (κ1) is 17.3. The predicted octanol–water partition coefficient (Wildman–Crippen LogP) is 2.72. The van der Waals surface area contributed by atoms with Gasteiger partial charge in [0.25, 0.3) is 0 Å². The summed E-state index contributed by atoms with van der Waals surface area (Å²) >= 11 is 0. The zero-order valence-corrected chi connectivity index (χ0v) is 14.8. The minimum Gasteiger partial charge on any atom is -0.473 e. The van der Waals surface area contributed by atoms with E-state index < -0.39 is 0 Å². The fraction of sp³-hybridized carbons (Fsp3) is 0.350. The summed E-state index contributed by atoms with van der Waals surface area (Å²) in [6.45, 7) is 0.242. The standard InChI is InChI=1S/C20H21N3O4/c24-19(8-2-14-1-7-17-18(11-14)26-13-25-17)23-15-3-5-16(6-4-15)27-20-12-21-9-10-22-20/h1-2,7-12,15-16H,3-6,13H2,(H,23,24)/b8-2+. The van der Waals surface area contributed by atoms with Crippen molar-refractivity contribution in [2.24, 2.45) is 0 Å². The molecule has 1 amide bonds. The third-order valence-electron chi connectivity index (χ3n) is 4.67. The van der Waals surface area contributed by atoms with Crippen molar-refractivity contribution < 1.29 is 19.0 Å². The Hall–Kier alpha value is -3.09. The van der Waals surface area contributed by atoms with Crippen LogP contribution in [0.4, 0.5) is 0 Å². The topological polar surface area (TPSA) is 82.6 Å². The number of ether oxygens (including phenoxy) is 3. The molecule has 2 aromatic rings. The van der Waals surface area contributed by atoms with Crippen molar-refractivity contribution in [2.75, 3.05) is 6.79 Å². The Bertz CT molecular complexity index is 817. The molecule has 7 heteroatoms. The van der Waals surface area contributed by atoms with E-state index in [1.54, 1.807) is 30.7 Å². The molecule has 0 unspecified atom stereocenters. The lowest BCUT2D eigenvalue weighted by atomic mass is 9.93. The first-order valence-corrected chi connectivity index (χ1v) is 9.07. The van der Waals surface area contributed by atoms with Gasteiger partial charge in [0.05, 0.1) is 6.20 Å². The quantitative estimate of drug-likeness (QED) is 0.818. The summed E-state index contributed by atoms with van der Waals surface area (Å²) in [7, 11) is 0. The van der Waals surface area contributed by atoms with E-state index >= 15 is 0 Å². The Labute approximate surface area is 157 Å². The van der Waals surface area contributed by atoms with Crippen LogP contribution >= 0.6 is 0 Å². The Balaban J connectivity index is 1.23. The van der Waals surface area contributed by atoms with Crippen LogP contribution in [0.2, 0.25) is 0 Å². The highest BCUT2D eigenvalue weighted by molar-refractivity contribution is 5.92. The lowest BCUT2D eigenvalue weighted by Crippen LogP contribution is -2.39. The molecule has 7 nitrogen and oxygen atoms in total. The van der Waals surface area contributed by atoms with Gasteiger partial charge in [-0.05, 0) is 49.5 Å². The normalized spacial score (nSPS) is 21.2. The first-order valence-electron chi connectivity index (χ1n) is 9.07. The number of carbonyl (C=O) groups excluding carboxylic acids is 1. The Kier molecular flexibility index (Phi) is 5.18. The molecule has 0 spiro atoms. The van der Waals surface area contributed by atoms with E-state index in [0.717, 1.165) is 37.0 Å². The lowest BCUT2D eigenvalue weighted by molar-refractivity contribution is -0.117. The molecule has 1 N–H and O–H groups in total. The molecule has 2 heterocycles. The average Bonchev–Trinajstić information content (AvgIpc) is 3.17. The van der Waals surface area contributed by atoms with Crippen LogP contribution in [0, 0.1) is 0 Å². The van der Waals surface area contributed by atoms with E-state index in [1.165, 1.54) is 0 Å². The van der Waals surface area contributed by atoms with Gasteiger partial charge in [-0.1, -0.05) is 6.07 Å². The summed E-state index contributed by atoms with van der Waals surface area (Å²) in [4.78, 5) is 20.3. The number of fused-ring (bicyclic) bond motifs is 1. The molecule has 27 heavy (non-hydrogen) atoms. The first-order chi connectivity index (χ1) is 13.3. The zero-order chi connectivity index (χ0) is 18.5. The van der Waals surface area contributed by atoms with Crippen molar-refractivity contribution in [2.45, 2.75) is 37.8 Å². The van der Waals surface area contributed by atoms with Crippen LogP contribution in [0.1, 0.15) is 31.2 Å². The van der Waals surface area contributed by atoms with Gasteiger partial charge in [-0.2, -0.15) is 0 Å². The van der Waals surface area contributed by atoms with Crippen LogP contribution in [0.3, 0.4) is 0 Å². The van der Waals surface area contributed by atoms with Crippen molar-refractivity contribution in [3.63, 3.8) is 0 Å². The number of amides is 1. The largest absolute Gasteiger partial charge is 0.473 e. The summed E-state index contributed by atoms with van der Waals surface area (Å²) in [5.74, 6) is 1.90. The van der Waals surface area contributed by atoms with E-state index in [-0.39, 0.29) is 24.8 Å². The van der Waals surface area contributed by atoms with E-state index in [0.29, 0.717) is 11.6 Å². The molecule has 1 aromatic heterocycles. The van der Waals surface area contributed by atoms with Gasteiger partial charge in [-0.15, -0.1) is 0 Å². The second-order valence-corrected chi connectivity index (χ2v) is 6.59. The Morgan fingerprint density at radius 3 is 2.81 bits per heavy atom. The highest BCUT2D eigenvalue weighted by atomic mass is 16.7. The second kappa shape index (κ2) is 8.07. The number of rotatable bonds is 5. The molecule has 0 saturated heterocycles. The Morgan fingerprint density at radius 1 is 1.15 bits per heavy atom. The number of nitrogens with zero attached hydrogens (tertiary/aromatic N) is 2. The fourth-order valence-electron chi connectivity index (χ4n) is 3.28. The van der Waals surface area contributed by atoms with Gasteiger partial charge in [0.2, 0.25) is 18.6 Å². The van der Waals surface area contributed by atoms with Gasteiger partial charge in [-0.25, -0.2) is 4.98 Å². The maximum Gasteiger partial charge on any atom is 0.244 e. The monoisotopic (exact) mass is 367 g/mol. The number of benzene rings is 1. The molecule has 1 aliphatic carbocycles. The molecule has 1 saturated carbocycles. The van der Waals surface area contributed by atoms with Gasteiger partial charge in [0, 0.05) is 24.5 Å². The Morgan fingerprint density at radius 2 is 2.00 bits per heavy atom. The molecular formula is C20H21N3O4. The molecule has 1 aromatic carbocycles. The molecule has 2 aliphatic rings. The van der Waals surface area contributed by atoms with Crippen LogP contribution in [0.25, 0.3) is 6.08 Å². The SMILES string of the molecule is O=C(/C=C/c1ccc2c(c1)OCO2)NC1CCC(Oc2cnccn2)CC1. The van der Waals surface area contributed by atoms with Gasteiger partial charge in [0.1, 0.15) is 6.10 Å². The molecular weight excluding hydrogens is 346 g/mol. The molecule has 1 aliphatic heterocycles. The number of carbonyl (C=O) groups is 1. The second-order valence-electron chi connectivity index (χ2n) is 6.59. The van der Waals surface area contributed by atoms with E-state index in [2.05, 4.69) is 15.3 Å². The number of hydrogen-bond donors (Lipinski definition) is 1. The van der Waals surface area contributed by atoms with Gasteiger partial charge < -0.3 is 19.5 Å². The van der Waals surface area contributed by atoms with Gasteiger partial charge in [0.15, 0.2) is 11.5 Å². The summed E-state index contributed by atoms with van der Waals surface area (Å²) in [6.07, 6.45) is 11.8. The summed E-state index contributed by atoms with van der Waals surface area (Å²) in [5.41, 5.74) is 0.899. The van der Waals surface area contributed by atoms with E-state index in [4.69, 9.17) is 14.2 Å².